The highest BCUT2D eigenvalue weighted by atomic mass is 16.4. The molecule has 0 aromatic carbocycles. The molecule has 92 valence electrons. The minimum atomic E-state index is -0.924. The maximum atomic E-state index is 11.2. The molecular weight excluding hydrogens is 214 g/mol. The van der Waals surface area contributed by atoms with Gasteiger partial charge >= 0.3 is 12.0 Å². The van der Waals surface area contributed by atoms with Gasteiger partial charge in [0, 0.05) is 12.0 Å². The summed E-state index contributed by atoms with van der Waals surface area (Å²) >= 11 is 0. The first kappa shape index (κ1) is 14.2. The van der Waals surface area contributed by atoms with Gasteiger partial charge in [0.1, 0.15) is 0 Å². The quantitative estimate of drug-likeness (QED) is 0.488. The van der Waals surface area contributed by atoms with Crippen molar-refractivity contribution in [2.75, 3.05) is 6.54 Å². The van der Waals surface area contributed by atoms with Gasteiger partial charge in [-0.15, -0.1) is 0 Å². The second-order valence-electron chi connectivity index (χ2n) is 4.05. The van der Waals surface area contributed by atoms with Gasteiger partial charge < -0.3 is 21.5 Å². The van der Waals surface area contributed by atoms with Crippen molar-refractivity contribution in [3.63, 3.8) is 0 Å². The second kappa shape index (κ2) is 5.94. The van der Waals surface area contributed by atoms with Crippen molar-refractivity contribution >= 4 is 17.9 Å². The number of carboxylic acids is 1. The third kappa shape index (κ3) is 7.60. The summed E-state index contributed by atoms with van der Waals surface area (Å²) in [5.74, 6) is -1.56. The van der Waals surface area contributed by atoms with Gasteiger partial charge in [0.05, 0.1) is 6.54 Å². The lowest BCUT2D eigenvalue weighted by Gasteiger charge is -2.25. The van der Waals surface area contributed by atoms with Crippen LogP contribution in [0.15, 0.2) is 0 Å². The van der Waals surface area contributed by atoms with E-state index in [1.54, 1.807) is 13.8 Å². The molecule has 0 aliphatic carbocycles. The van der Waals surface area contributed by atoms with Crippen LogP contribution in [0.1, 0.15) is 26.7 Å². The lowest BCUT2D eigenvalue weighted by molar-refractivity contribution is -0.137. The van der Waals surface area contributed by atoms with Crippen LogP contribution in [-0.4, -0.2) is 35.1 Å². The fourth-order valence-electron chi connectivity index (χ4n) is 1.00. The number of nitrogens with two attached hydrogens (primary N) is 1. The zero-order chi connectivity index (χ0) is 12.8. The maximum Gasteiger partial charge on any atom is 0.315 e. The predicted molar refractivity (Wildman–Crippen MR) is 56.7 cm³/mol. The van der Waals surface area contributed by atoms with Crippen LogP contribution in [0.5, 0.6) is 0 Å². The number of rotatable bonds is 6. The van der Waals surface area contributed by atoms with Gasteiger partial charge in [-0.05, 0) is 20.3 Å². The third-order valence-corrected chi connectivity index (χ3v) is 1.84. The summed E-state index contributed by atoms with van der Waals surface area (Å²) in [6.45, 7) is 3.14. The number of amides is 3. The average molecular weight is 231 g/mol. The number of carbonyl (C=O) groups is 3. The van der Waals surface area contributed by atoms with Crippen molar-refractivity contribution in [2.45, 2.75) is 32.2 Å². The highest BCUT2D eigenvalue weighted by Gasteiger charge is 2.21. The lowest BCUT2D eigenvalue weighted by Crippen LogP contribution is -2.50. The lowest BCUT2D eigenvalue weighted by atomic mass is 9.99. The Bertz CT molecular complexity index is 288. The maximum absolute atomic E-state index is 11.2. The number of primary amides is 1. The Kier molecular flexibility index (Phi) is 5.27. The van der Waals surface area contributed by atoms with Crippen LogP contribution in [0.3, 0.4) is 0 Å². The molecule has 0 aliphatic rings. The Hall–Kier alpha value is -1.79. The van der Waals surface area contributed by atoms with Crippen molar-refractivity contribution in [2.24, 2.45) is 5.73 Å². The molecule has 0 saturated carbocycles. The Labute approximate surface area is 93.4 Å². The van der Waals surface area contributed by atoms with Gasteiger partial charge in [0.15, 0.2) is 0 Å². The van der Waals surface area contributed by atoms with Crippen molar-refractivity contribution < 1.29 is 19.5 Å². The Morgan fingerprint density at radius 1 is 1.31 bits per heavy atom. The standard InChI is InChI=1S/C9H17N3O4/c1-9(2,4-3-7(14)15)12-8(16)11-5-6(10)13/h3-5H2,1-2H3,(H2,10,13)(H,14,15)(H2,11,12,16). The number of urea groups is 1. The molecule has 0 fully saturated rings. The minimum Gasteiger partial charge on any atom is -0.481 e. The average Bonchev–Trinajstić information content (AvgIpc) is 2.11. The van der Waals surface area contributed by atoms with E-state index in [0.717, 1.165) is 0 Å². The topological polar surface area (TPSA) is 122 Å². The molecule has 0 aromatic rings. The van der Waals surface area contributed by atoms with Crippen LogP contribution < -0.4 is 16.4 Å². The van der Waals surface area contributed by atoms with Gasteiger partial charge in [-0.2, -0.15) is 0 Å². The van der Waals surface area contributed by atoms with Gasteiger partial charge in [0.2, 0.25) is 5.91 Å². The molecule has 0 unspecified atom stereocenters. The van der Waals surface area contributed by atoms with E-state index in [1.165, 1.54) is 0 Å². The molecule has 7 heteroatoms. The molecule has 5 N–H and O–H groups in total. The largest absolute Gasteiger partial charge is 0.481 e. The van der Waals surface area contributed by atoms with Gasteiger partial charge in [-0.25, -0.2) is 4.79 Å². The van der Waals surface area contributed by atoms with E-state index in [4.69, 9.17) is 10.8 Å². The summed E-state index contributed by atoms with van der Waals surface area (Å²) in [5.41, 5.74) is 4.19. The highest BCUT2D eigenvalue weighted by Crippen LogP contribution is 2.10. The van der Waals surface area contributed by atoms with E-state index < -0.39 is 23.4 Å². The summed E-state index contributed by atoms with van der Waals surface area (Å²) < 4.78 is 0. The molecule has 0 heterocycles. The van der Waals surface area contributed by atoms with Crippen molar-refractivity contribution in [3.05, 3.63) is 0 Å². The summed E-state index contributed by atoms with van der Waals surface area (Å²) in [7, 11) is 0. The minimum absolute atomic E-state index is 0.0386. The molecule has 7 nitrogen and oxygen atoms in total. The van der Waals surface area contributed by atoms with Crippen LogP contribution in [0, 0.1) is 0 Å². The van der Waals surface area contributed by atoms with E-state index in [-0.39, 0.29) is 13.0 Å². The first-order valence-corrected chi connectivity index (χ1v) is 4.79. The first-order chi connectivity index (χ1) is 7.23. The molecule has 0 aromatic heterocycles. The Morgan fingerprint density at radius 2 is 1.88 bits per heavy atom. The van der Waals surface area contributed by atoms with Gasteiger partial charge in [-0.3, -0.25) is 9.59 Å². The smallest absolute Gasteiger partial charge is 0.315 e. The van der Waals surface area contributed by atoms with Crippen molar-refractivity contribution in [1.29, 1.82) is 0 Å². The fraction of sp³-hybridized carbons (Fsp3) is 0.667. The van der Waals surface area contributed by atoms with E-state index >= 15 is 0 Å². The zero-order valence-corrected chi connectivity index (χ0v) is 9.37. The van der Waals surface area contributed by atoms with Gasteiger partial charge in [-0.1, -0.05) is 0 Å². The van der Waals surface area contributed by atoms with Crippen molar-refractivity contribution in [3.8, 4) is 0 Å². The fourth-order valence-corrected chi connectivity index (χ4v) is 1.00. The van der Waals surface area contributed by atoms with Crippen molar-refractivity contribution in [1.82, 2.24) is 10.6 Å². The predicted octanol–water partition coefficient (Wildman–Crippen LogP) is -0.586. The highest BCUT2D eigenvalue weighted by molar-refractivity contribution is 5.83. The van der Waals surface area contributed by atoms with Crippen LogP contribution in [-0.2, 0) is 9.59 Å². The molecule has 0 bridgehead atoms. The molecule has 3 amide bonds. The number of hydrogen-bond acceptors (Lipinski definition) is 3. The number of carboxylic acid groups (broad SMARTS) is 1. The zero-order valence-electron chi connectivity index (χ0n) is 9.37. The van der Waals surface area contributed by atoms with E-state index in [9.17, 15) is 14.4 Å². The summed E-state index contributed by atoms with van der Waals surface area (Å²) in [6.07, 6.45) is 0.259. The second-order valence-corrected chi connectivity index (χ2v) is 4.05. The normalized spacial score (nSPS) is 10.6. The molecule has 0 saturated heterocycles. The summed E-state index contributed by atoms with van der Waals surface area (Å²) in [6, 6.07) is -0.547. The summed E-state index contributed by atoms with van der Waals surface area (Å²) in [4.78, 5) is 32.0. The van der Waals surface area contributed by atoms with Gasteiger partial charge in [0.25, 0.3) is 0 Å². The number of aliphatic carboxylic acids is 1. The molecule has 0 radical (unpaired) electrons. The Balaban J connectivity index is 3.99. The van der Waals surface area contributed by atoms with Crippen LogP contribution in [0.4, 0.5) is 4.79 Å². The molecule has 0 atom stereocenters. The molecule has 0 spiro atoms. The summed E-state index contributed by atoms with van der Waals surface area (Å²) in [5, 5.41) is 13.3. The molecule has 0 rings (SSSR count). The molecule has 0 aliphatic heterocycles. The Morgan fingerprint density at radius 3 is 2.31 bits per heavy atom. The van der Waals surface area contributed by atoms with Crippen LogP contribution in [0.2, 0.25) is 0 Å². The monoisotopic (exact) mass is 231 g/mol. The number of carbonyl (C=O) groups excluding carboxylic acids is 2. The number of hydrogen-bond donors (Lipinski definition) is 4. The number of nitrogens with one attached hydrogen (secondary N) is 2. The first-order valence-electron chi connectivity index (χ1n) is 4.79. The van der Waals surface area contributed by atoms with Crippen LogP contribution >= 0.6 is 0 Å². The third-order valence-electron chi connectivity index (χ3n) is 1.84. The molecular formula is C9H17N3O4. The van der Waals surface area contributed by atoms with Crippen LogP contribution in [0.25, 0.3) is 0 Å². The SMILES string of the molecule is CC(C)(CCC(=O)O)NC(=O)NCC(N)=O. The van der Waals surface area contributed by atoms with E-state index in [1.807, 2.05) is 0 Å². The molecule has 16 heavy (non-hydrogen) atoms. The van der Waals surface area contributed by atoms with E-state index in [2.05, 4.69) is 10.6 Å². The van der Waals surface area contributed by atoms with E-state index in [0.29, 0.717) is 6.42 Å².